The molecule has 19 heavy (non-hydrogen) atoms. The van der Waals surface area contributed by atoms with Crippen LogP contribution in [0.4, 0.5) is 11.5 Å². The van der Waals surface area contributed by atoms with Crippen LogP contribution in [0.2, 0.25) is 0 Å². The van der Waals surface area contributed by atoms with Crippen molar-refractivity contribution in [1.82, 2.24) is 9.97 Å². The molecule has 7 nitrogen and oxygen atoms in total. The van der Waals surface area contributed by atoms with Crippen LogP contribution in [0.3, 0.4) is 0 Å². The van der Waals surface area contributed by atoms with Crippen molar-refractivity contribution in [2.45, 2.75) is 40.0 Å². The molecule has 1 heterocycles. The van der Waals surface area contributed by atoms with Gasteiger partial charge in [0.25, 0.3) is 5.88 Å². The minimum atomic E-state index is -0.501. The molecule has 0 bridgehead atoms. The van der Waals surface area contributed by atoms with E-state index in [2.05, 4.69) is 15.3 Å². The van der Waals surface area contributed by atoms with Crippen molar-refractivity contribution in [2.75, 3.05) is 18.5 Å². The van der Waals surface area contributed by atoms with Gasteiger partial charge in [0.2, 0.25) is 5.82 Å². The molecule has 0 saturated heterocycles. The number of nitrogens with one attached hydrogen (secondary N) is 1. The smallest absolute Gasteiger partial charge is 0.372 e. The predicted molar refractivity (Wildman–Crippen MR) is 72.6 cm³/mol. The van der Waals surface area contributed by atoms with E-state index in [4.69, 9.17) is 4.74 Å². The Morgan fingerprint density at radius 1 is 1.26 bits per heavy atom. The number of rotatable bonds is 8. The molecule has 0 aliphatic heterocycles. The Kier molecular flexibility index (Phi) is 5.98. The van der Waals surface area contributed by atoms with E-state index in [0.717, 1.165) is 12.8 Å². The summed E-state index contributed by atoms with van der Waals surface area (Å²) >= 11 is 0. The molecule has 0 unspecified atom stereocenters. The number of hydrogen-bond donors (Lipinski definition) is 1. The van der Waals surface area contributed by atoms with E-state index >= 15 is 0 Å². The molecule has 0 atom stereocenters. The maximum absolute atomic E-state index is 11.2. The highest BCUT2D eigenvalue weighted by atomic mass is 16.6. The van der Waals surface area contributed by atoms with Gasteiger partial charge < -0.3 is 10.1 Å². The summed E-state index contributed by atoms with van der Waals surface area (Å²) in [5.74, 6) is 0.855. The Hall–Kier alpha value is -1.92. The third-order valence-corrected chi connectivity index (χ3v) is 2.34. The van der Waals surface area contributed by atoms with Gasteiger partial charge in [-0.1, -0.05) is 13.8 Å². The van der Waals surface area contributed by atoms with Crippen molar-refractivity contribution in [1.29, 1.82) is 0 Å². The zero-order chi connectivity index (χ0) is 14.3. The summed E-state index contributed by atoms with van der Waals surface area (Å²) in [6.07, 6.45) is 2.30. The summed E-state index contributed by atoms with van der Waals surface area (Å²) in [5.41, 5.74) is -0.185. The van der Waals surface area contributed by atoms with Gasteiger partial charge in [0, 0.05) is 13.0 Å². The van der Waals surface area contributed by atoms with Gasteiger partial charge in [0.15, 0.2) is 0 Å². The third kappa shape index (κ3) is 4.04. The number of nitrogens with zero attached hydrogens (tertiary/aromatic N) is 3. The molecule has 0 aliphatic carbocycles. The summed E-state index contributed by atoms with van der Waals surface area (Å²) in [6.45, 7) is 6.75. The van der Waals surface area contributed by atoms with Crippen LogP contribution in [0.15, 0.2) is 0 Å². The predicted octanol–water partition coefficient (Wildman–Crippen LogP) is 2.56. The normalized spacial score (nSPS) is 10.3. The first-order chi connectivity index (χ1) is 9.13. The standard InChI is InChI=1S/C12H20N4O3/c1-4-7-9-14-11(13-6-3)10(16(17)18)12(15-9)19-8-5-2/h4-8H2,1-3H3,(H,13,14,15). The molecule has 0 aliphatic rings. The molecule has 1 N–H and O–H groups in total. The quantitative estimate of drug-likeness (QED) is 0.575. The fourth-order valence-electron chi connectivity index (χ4n) is 1.57. The highest BCUT2D eigenvalue weighted by Gasteiger charge is 2.25. The molecule has 1 rings (SSSR count). The summed E-state index contributed by atoms with van der Waals surface area (Å²) in [6, 6.07) is 0. The number of nitro groups is 1. The van der Waals surface area contributed by atoms with Crippen LogP contribution in [0.1, 0.15) is 39.4 Å². The molecular weight excluding hydrogens is 248 g/mol. The molecule has 1 aromatic rings. The van der Waals surface area contributed by atoms with Crippen LogP contribution in [-0.2, 0) is 6.42 Å². The van der Waals surface area contributed by atoms with Crippen molar-refractivity contribution in [3.05, 3.63) is 15.9 Å². The van der Waals surface area contributed by atoms with Crippen molar-refractivity contribution < 1.29 is 9.66 Å². The topological polar surface area (TPSA) is 90.2 Å². The SMILES string of the molecule is CCCOc1nc(CCC)nc(NCC)c1[N+](=O)[O-]. The molecule has 0 amide bonds. The van der Waals surface area contributed by atoms with Crippen molar-refractivity contribution in [3.8, 4) is 5.88 Å². The summed E-state index contributed by atoms with van der Waals surface area (Å²) < 4.78 is 5.39. The maximum atomic E-state index is 11.2. The van der Waals surface area contributed by atoms with E-state index in [1.807, 2.05) is 20.8 Å². The number of aromatic nitrogens is 2. The first kappa shape index (κ1) is 15.1. The van der Waals surface area contributed by atoms with Gasteiger partial charge in [-0.3, -0.25) is 10.1 Å². The van der Waals surface area contributed by atoms with Gasteiger partial charge in [0.05, 0.1) is 11.5 Å². The van der Waals surface area contributed by atoms with E-state index in [0.29, 0.717) is 25.4 Å². The van der Waals surface area contributed by atoms with Crippen LogP contribution < -0.4 is 10.1 Å². The average molecular weight is 268 g/mol. The molecule has 7 heteroatoms. The summed E-state index contributed by atoms with van der Waals surface area (Å²) in [4.78, 5) is 19.0. The summed E-state index contributed by atoms with van der Waals surface area (Å²) in [7, 11) is 0. The molecule has 0 fully saturated rings. The van der Waals surface area contributed by atoms with Crippen LogP contribution in [-0.4, -0.2) is 28.0 Å². The minimum Gasteiger partial charge on any atom is -0.473 e. The van der Waals surface area contributed by atoms with Crippen LogP contribution in [0.5, 0.6) is 5.88 Å². The number of hydrogen-bond acceptors (Lipinski definition) is 6. The van der Waals surface area contributed by atoms with Gasteiger partial charge >= 0.3 is 5.69 Å². The maximum Gasteiger partial charge on any atom is 0.372 e. The van der Waals surface area contributed by atoms with E-state index < -0.39 is 4.92 Å². The Bertz CT molecular complexity index is 437. The molecule has 0 saturated carbocycles. The Morgan fingerprint density at radius 3 is 2.53 bits per heavy atom. The first-order valence-corrected chi connectivity index (χ1v) is 6.55. The Labute approximate surface area is 112 Å². The van der Waals surface area contributed by atoms with Gasteiger partial charge in [0.1, 0.15) is 5.82 Å². The molecule has 0 radical (unpaired) electrons. The lowest BCUT2D eigenvalue weighted by Gasteiger charge is -2.10. The van der Waals surface area contributed by atoms with Gasteiger partial charge in [-0.2, -0.15) is 4.98 Å². The molecule has 0 aromatic carbocycles. The number of aryl methyl sites for hydroxylation is 1. The molecule has 1 aromatic heterocycles. The van der Waals surface area contributed by atoms with E-state index in [-0.39, 0.29) is 17.4 Å². The van der Waals surface area contributed by atoms with E-state index in [1.165, 1.54) is 0 Å². The van der Waals surface area contributed by atoms with Crippen LogP contribution in [0.25, 0.3) is 0 Å². The van der Waals surface area contributed by atoms with Gasteiger partial charge in [-0.05, 0) is 19.8 Å². The highest BCUT2D eigenvalue weighted by molar-refractivity contribution is 5.61. The number of anilines is 1. The lowest BCUT2D eigenvalue weighted by molar-refractivity contribution is -0.385. The lowest BCUT2D eigenvalue weighted by Crippen LogP contribution is -2.11. The second kappa shape index (κ2) is 7.50. The number of ether oxygens (including phenoxy) is 1. The fourth-order valence-corrected chi connectivity index (χ4v) is 1.57. The second-order valence-corrected chi connectivity index (χ2v) is 4.03. The van der Waals surface area contributed by atoms with Crippen molar-refractivity contribution >= 4 is 11.5 Å². The summed E-state index contributed by atoms with van der Waals surface area (Å²) in [5, 5.41) is 14.1. The van der Waals surface area contributed by atoms with Crippen LogP contribution in [0, 0.1) is 10.1 Å². The zero-order valence-corrected chi connectivity index (χ0v) is 11.6. The van der Waals surface area contributed by atoms with Crippen molar-refractivity contribution in [2.24, 2.45) is 0 Å². The van der Waals surface area contributed by atoms with Crippen LogP contribution >= 0.6 is 0 Å². The van der Waals surface area contributed by atoms with Crippen molar-refractivity contribution in [3.63, 3.8) is 0 Å². The monoisotopic (exact) mass is 268 g/mol. The lowest BCUT2D eigenvalue weighted by atomic mass is 10.3. The average Bonchev–Trinajstić information content (AvgIpc) is 2.36. The highest BCUT2D eigenvalue weighted by Crippen LogP contribution is 2.32. The molecule has 106 valence electrons. The zero-order valence-electron chi connectivity index (χ0n) is 11.6. The minimum absolute atomic E-state index is 0.0567. The molecule has 0 spiro atoms. The largest absolute Gasteiger partial charge is 0.473 e. The Balaban J connectivity index is 3.24. The third-order valence-electron chi connectivity index (χ3n) is 2.34. The fraction of sp³-hybridized carbons (Fsp3) is 0.667. The van der Waals surface area contributed by atoms with E-state index in [1.54, 1.807) is 0 Å². The van der Waals surface area contributed by atoms with Gasteiger partial charge in [-0.25, -0.2) is 4.98 Å². The second-order valence-electron chi connectivity index (χ2n) is 4.03. The van der Waals surface area contributed by atoms with E-state index in [9.17, 15) is 10.1 Å². The van der Waals surface area contributed by atoms with Gasteiger partial charge in [-0.15, -0.1) is 0 Å². The Morgan fingerprint density at radius 2 is 2.00 bits per heavy atom. The molecular formula is C12H20N4O3. The first-order valence-electron chi connectivity index (χ1n) is 6.55.